The van der Waals surface area contributed by atoms with Crippen LogP contribution in [0.3, 0.4) is 0 Å². The zero-order valence-corrected chi connectivity index (χ0v) is 17.1. The second-order valence-corrected chi connectivity index (χ2v) is 7.86. The topological polar surface area (TPSA) is 73.9 Å². The number of aliphatic imine (C=N–C) groups is 1. The van der Waals surface area contributed by atoms with Crippen molar-refractivity contribution in [3.8, 4) is 11.5 Å². The highest BCUT2D eigenvalue weighted by Crippen LogP contribution is 2.30. The first-order chi connectivity index (χ1) is 13.4. The van der Waals surface area contributed by atoms with Gasteiger partial charge in [0.25, 0.3) is 5.91 Å². The average Bonchev–Trinajstić information content (AvgIpc) is 2.97. The number of nitrogens with two attached hydrogens (primary N) is 1. The number of hydrogen-bond acceptors (Lipinski definition) is 5. The summed E-state index contributed by atoms with van der Waals surface area (Å²) in [5.41, 5.74) is 8.76. The minimum Gasteiger partial charge on any atom is -0.490 e. The van der Waals surface area contributed by atoms with E-state index in [0.29, 0.717) is 29.8 Å². The second-order valence-electron chi connectivity index (χ2n) is 6.80. The Kier molecular flexibility index (Phi) is 6.41. The molecule has 1 aliphatic heterocycles. The number of hydrogen-bond donors (Lipinski definition) is 1. The number of aryl methyl sites for hydroxylation is 1. The van der Waals surface area contributed by atoms with Crippen LogP contribution in [0.25, 0.3) is 6.08 Å². The SMILES string of the molecule is Cc1ccc(C(C)C)c(OCCOc2ccccc2/C=C2\SC(N)=NC2=O)c1. The number of nitrogens with zero attached hydrogens (tertiary/aromatic N) is 1. The van der Waals surface area contributed by atoms with Gasteiger partial charge in [0.15, 0.2) is 5.17 Å². The molecule has 5 nitrogen and oxygen atoms in total. The summed E-state index contributed by atoms with van der Waals surface area (Å²) in [6.07, 6.45) is 1.75. The van der Waals surface area contributed by atoms with Crippen molar-refractivity contribution < 1.29 is 14.3 Å². The minimum absolute atomic E-state index is 0.266. The van der Waals surface area contributed by atoms with Crippen LogP contribution in [0.4, 0.5) is 0 Å². The van der Waals surface area contributed by atoms with E-state index < -0.39 is 0 Å². The van der Waals surface area contributed by atoms with Crippen molar-refractivity contribution in [2.24, 2.45) is 10.7 Å². The van der Waals surface area contributed by atoms with Crippen LogP contribution in [0.15, 0.2) is 52.4 Å². The fourth-order valence-electron chi connectivity index (χ4n) is 2.84. The maximum Gasteiger partial charge on any atom is 0.286 e. The van der Waals surface area contributed by atoms with E-state index in [9.17, 15) is 4.79 Å². The lowest BCUT2D eigenvalue weighted by Gasteiger charge is -2.15. The van der Waals surface area contributed by atoms with Crippen LogP contribution in [0, 0.1) is 6.92 Å². The quantitative estimate of drug-likeness (QED) is 0.551. The van der Waals surface area contributed by atoms with Crippen molar-refractivity contribution in [2.45, 2.75) is 26.7 Å². The predicted octanol–water partition coefficient (Wildman–Crippen LogP) is 4.51. The number of amides is 1. The standard InChI is InChI=1S/C22H24N2O3S/c1-14(2)17-9-8-15(3)12-19(17)27-11-10-26-18-7-5-4-6-16(18)13-20-21(25)24-22(23)28-20/h4-9,12-14H,10-11H2,1-3H3,(H2,23,24,25)/b20-13-. The van der Waals surface area contributed by atoms with E-state index >= 15 is 0 Å². The minimum atomic E-state index is -0.318. The number of rotatable bonds is 7. The molecule has 0 saturated carbocycles. The van der Waals surface area contributed by atoms with Crippen molar-refractivity contribution in [2.75, 3.05) is 13.2 Å². The molecule has 2 aromatic carbocycles. The molecule has 1 amide bonds. The summed E-state index contributed by atoms with van der Waals surface area (Å²) in [6.45, 7) is 7.17. The van der Waals surface area contributed by atoms with Gasteiger partial charge < -0.3 is 15.2 Å². The molecule has 2 aromatic rings. The second kappa shape index (κ2) is 8.97. The van der Waals surface area contributed by atoms with Gasteiger partial charge in [-0.05, 0) is 53.9 Å². The molecule has 0 fully saturated rings. The Hall–Kier alpha value is -2.73. The number of carbonyl (C=O) groups excluding carboxylic acids is 1. The Morgan fingerprint density at radius 3 is 2.50 bits per heavy atom. The molecule has 6 heteroatoms. The Morgan fingerprint density at radius 2 is 1.82 bits per heavy atom. The summed E-state index contributed by atoms with van der Waals surface area (Å²) in [6, 6.07) is 13.8. The largest absolute Gasteiger partial charge is 0.490 e. The Balaban J connectivity index is 1.63. The highest BCUT2D eigenvalue weighted by molar-refractivity contribution is 8.18. The van der Waals surface area contributed by atoms with E-state index in [0.717, 1.165) is 16.9 Å². The van der Waals surface area contributed by atoms with Crippen molar-refractivity contribution in [1.82, 2.24) is 0 Å². The molecule has 3 rings (SSSR count). The predicted molar refractivity (Wildman–Crippen MR) is 115 cm³/mol. The van der Waals surface area contributed by atoms with Gasteiger partial charge in [-0.25, -0.2) is 0 Å². The normalized spacial score (nSPS) is 15.2. The zero-order valence-electron chi connectivity index (χ0n) is 16.3. The van der Waals surface area contributed by atoms with Gasteiger partial charge in [0.1, 0.15) is 24.7 Å². The molecule has 0 aliphatic carbocycles. The van der Waals surface area contributed by atoms with E-state index in [1.54, 1.807) is 6.08 Å². The third-order valence-corrected chi connectivity index (χ3v) is 5.05. The van der Waals surface area contributed by atoms with Gasteiger partial charge in [0.05, 0.1) is 4.91 Å². The lowest BCUT2D eigenvalue weighted by molar-refractivity contribution is -0.113. The third kappa shape index (κ3) is 4.95. The smallest absolute Gasteiger partial charge is 0.286 e. The van der Waals surface area contributed by atoms with Crippen LogP contribution in [0.5, 0.6) is 11.5 Å². The van der Waals surface area contributed by atoms with Gasteiger partial charge in [-0.3, -0.25) is 4.79 Å². The summed E-state index contributed by atoms with van der Waals surface area (Å²) in [4.78, 5) is 16.0. The Bertz CT molecular complexity index is 935. The van der Waals surface area contributed by atoms with E-state index in [1.165, 1.54) is 17.3 Å². The lowest BCUT2D eigenvalue weighted by atomic mass is 10.0. The molecular weight excluding hydrogens is 372 g/mol. The molecule has 2 N–H and O–H groups in total. The molecular formula is C22H24N2O3S. The number of carbonyl (C=O) groups is 1. The zero-order chi connectivity index (χ0) is 20.1. The van der Waals surface area contributed by atoms with Crippen LogP contribution < -0.4 is 15.2 Å². The molecule has 0 atom stereocenters. The van der Waals surface area contributed by atoms with Crippen LogP contribution >= 0.6 is 11.8 Å². The van der Waals surface area contributed by atoms with Crippen molar-refractivity contribution >= 4 is 28.9 Å². The summed E-state index contributed by atoms with van der Waals surface area (Å²) in [7, 11) is 0. The summed E-state index contributed by atoms with van der Waals surface area (Å²) < 4.78 is 11.9. The van der Waals surface area contributed by atoms with Crippen molar-refractivity contribution in [1.29, 1.82) is 0 Å². The van der Waals surface area contributed by atoms with Gasteiger partial charge in [-0.1, -0.05) is 44.2 Å². The highest BCUT2D eigenvalue weighted by Gasteiger charge is 2.20. The number of benzene rings is 2. The number of ether oxygens (including phenoxy) is 2. The summed E-state index contributed by atoms with van der Waals surface area (Å²) >= 11 is 1.17. The molecule has 1 aliphatic rings. The molecule has 0 saturated heterocycles. The molecule has 28 heavy (non-hydrogen) atoms. The Labute approximate surface area is 169 Å². The average molecular weight is 397 g/mol. The number of para-hydroxylation sites is 1. The van der Waals surface area contributed by atoms with Crippen LogP contribution in [-0.2, 0) is 4.79 Å². The molecule has 0 bridgehead atoms. The molecule has 1 heterocycles. The first-order valence-corrected chi connectivity index (χ1v) is 9.99. The fourth-order valence-corrected chi connectivity index (χ4v) is 3.52. The summed E-state index contributed by atoms with van der Waals surface area (Å²) in [5, 5.41) is 0.266. The van der Waals surface area contributed by atoms with Crippen molar-refractivity contribution in [3.05, 3.63) is 64.1 Å². The lowest BCUT2D eigenvalue weighted by Crippen LogP contribution is -2.11. The number of amidine groups is 1. The van der Waals surface area contributed by atoms with Crippen molar-refractivity contribution in [3.63, 3.8) is 0 Å². The van der Waals surface area contributed by atoms with E-state index in [2.05, 4.69) is 44.0 Å². The van der Waals surface area contributed by atoms with E-state index in [4.69, 9.17) is 15.2 Å². The maximum atomic E-state index is 11.8. The maximum absolute atomic E-state index is 11.8. The molecule has 0 unspecified atom stereocenters. The highest BCUT2D eigenvalue weighted by atomic mass is 32.2. The Morgan fingerprint density at radius 1 is 1.11 bits per heavy atom. The van der Waals surface area contributed by atoms with E-state index in [1.807, 2.05) is 24.3 Å². The van der Waals surface area contributed by atoms with Crippen LogP contribution in [0.2, 0.25) is 0 Å². The van der Waals surface area contributed by atoms with Gasteiger partial charge in [-0.15, -0.1) is 0 Å². The monoisotopic (exact) mass is 396 g/mol. The molecule has 0 radical (unpaired) electrons. The molecule has 0 aromatic heterocycles. The van der Waals surface area contributed by atoms with E-state index in [-0.39, 0.29) is 11.1 Å². The third-order valence-electron chi connectivity index (χ3n) is 4.23. The first kappa shape index (κ1) is 20.0. The first-order valence-electron chi connectivity index (χ1n) is 9.17. The van der Waals surface area contributed by atoms with Gasteiger partial charge in [0.2, 0.25) is 0 Å². The van der Waals surface area contributed by atoms with Crippen LogP contribution in [0.1, 0.15) is 36.5 Å². The van der Waals surface area contributed by atoms with Crippen LogP contribution in [-0.4, -0.2) is 24.3 Å². The molecule has 146 valence electrons. The summed E-state index contributed by atoms with van der Waals surface area (Å²) in [5.74, 6) is 1.65. The van der Waals surface area contributed by atoms with Gasteiger partial charge in [-0.2, -0.15) is 4.99 Å². The van der Waals surface area contributed by atoms with Gasteiger partial charge >= 0.3 is 0 Å². The van der Waals surface area contributed by atoms with Gasteiger partial charge in [0, 0.05) is 5.56 Å². The number of thioether (sulfide) groups is 1. The fraction of sp³-hybridized carbons (Fsp3) is 0.273. The molecule has 0 spiro atoms.